The quantitative estimate of drug-likeness (QED) is 0.383. The molecule has 2 saturated heterocycles. The lowest BCUT2D eigenvalue weighted by Gasteiger charge is -2.41. The van der Waals surface area contributed by atoms with Crippen molar-refractivity contribution in [2.24, 2.45) is 0 Å². The number of carboxylic acids is 1. The van der Waals surface area contributed by atoms with E-state index in [9.17, 15) is 14.7 Å². The van der Waals surface area contributed by atoms with Crippen LogP contribution >= 0.6 is 0 Å². The summed E-state index contributed by atoms with van der Waals surface area (Å²) >= 11 is 0. The lowest BCUT2D eigenvalue weighted by Crippen LogP contribution is -2.38. The van der Waals surface area contributed by atoms with Crippen LogP contribution < -0.4 is 4.90 Å². The molecule has 1 N–H and O–H groups in total. The number of aromatic carboxylic acids is 1. The first kappa shape index (κ1) is 26.3. The smallest absolute Gasteiger partial charge is 0.338 e. The molecule has 2 aromatic rings. The van der Waals surface area contributed by atoms with E-state index in [2.05, 4.69) is 59.8 Å². The molecular formula is C34H37N2O4+. The van der Waals surface area contributed by atoms with Gasteiger partial charge in [0.1, 0.15) is 18.7 Å². The number of hydrogen-bond acceptors (Lipinski definition) is 4. The highest BCUT2D eigenvalue weighted by atomic mass is 16.6. The first-order chi connectivity index (χ1) is 18.9. The third-order valence-electron chi connectivity index (χ3n) is 8.49. The van der Waals surface area contributed by atoms with E-state index in [1.165, 1.54) is 41.4 Å². The third-order valence-corrected chi connectivity index (χ3v) is 8.49. The molecule has 6 nitrogen and oxygen atoms in total. The van der Waals surface area contributed by atoms with Crippen LogP contribution in [0.5, 0.6) is 0 Å². The third kappa shape index (κ3) is 4.40. The summed E-state index contributed by atoms with van der Waals surface area (Å²) in [5.41, 5.74) is 7.64. The highest BCUT2D eigenvalue weighted by Crippen LogP contribution is 2.51. The second kappa shape index (κ2) is 9.33. The van der Waals surface area contributed by atoms with Gasteiger partial charge < -0.3 is 14.7 Å². The summed E-state index contributed by atoms with van der Waals surface area (Å²) in [6.07, 6.45) is 8.95. The van der Waals surface area contributed by atoms with E-state index < -0.39 is 17.5 Å². The van der Waals surface area contributed by atoms with Gasteiger partial charge >= 0.3 is 11.9 Å². The molecular weight excluding hydrogens is 500 g/mol. The van der Waals surface area contributed by atoms with Crippen LogP contribution in [0.4, 0.5) is 5.69 Å². The number of ether oxygens (including phenoxy) is 1. The molecule has 2 aliphatic carbocycles. The van der Waals surface area contributed by atoms with Crippen LogP contribution in [0, 0.1) is 0 Å². The summed E-state index contributed by atoms with van der Waals surface area (Å²) in [5, 5.41) is 10.3. The molecule has 0 amide bonds. The minimum atomic E-state index is -1.03. The van der Waals surface area contributed by atoms with E-state index in [0.717, 1.165) is 42.9 Å². The Morgan fingerprint density at radius 1 is 0.975 bits per heavy atom. The fraction of sp³-hybridized carbons (Fsp3) is 0.382. The Balaban J connectivity index is 1.61. The van der Waals surface area contributed by atoms with Gasteiger partial charge in [-0.1, -0.05) is 19.9 Å². The zero-order valence-electron chi connectivity index (χ0n) is 24.0. The predicted molar refractivity (Wildman–Crippen MR) is 158 cm³/mol. The summed E-state index contributed by atoms with van der Waals surface area (Å²) in [5.74, 6) is -1.50. The molecule has 40 heavy (non-hydrogen) atoms. The predicted octanol–water partition coefficient (Wildman–Crippen LogP) is 6.00. The monoisotopic (exact) mass is 537 g/mol. The molecule has 2 fully saturated rings. The maximum atomic E-state index is 13.1. The fourth-order valence-electron chi connectivity index (χ4n) is 6.06. The molecule has 6 heteroatoms. The number of carboxylic acid groups (broad SMARTS) is 1. The number of anilines is 1. The average Bonchev–Trinajstić information content (AvgIpc) is 2.81. The molecule has 0 unspecified atom stereocenters. The Kier molecular flexibility index (Phi) is 6.13. The van der Waals surface area contributed by atoms with E-state index in [-0.39, 0.29) is 11.0 Å². The molecule has 0 radical (unpaired) electrons. The van der Waals surface area contributed by atoms with Crippen molar-refractivity contribution in [2.45, 2.75) is 58.5 Å². The van der Waals surface area contributed by atoms with Crippen molar-refractivity contribution in [3.8, 4) is 0 Å². The first-order valence-corrected chi connectivity index (χ1v) is 14.2. The van der Waals surface area contributed by atoms with Crippen LogP contribution in [-0.4, -0.2) is 59.1 Å². The number of rotatable bonds is 4. The summed E-state index contributed by atoms with van der Waals surface area (Å²) in [7, 11) is 0. The normalized spacial score (nSPS) is 19.3. The largest absolute Gasteiger partial charge is 0.478 e. The van der Waals surface area contributed by atoms with Crippen molar-refractivity contribution in [3.05, 3.63) is 93.6 Å². The van der Waals surface area contributed by atoms with Crippen molar-refractivity contribution in [1.82, 2.24) is 0 Å². The molecule has 0 spiro atoms. The zero-order valence-corrected chi connectivity index (χ0v) is 24.0. The fourth-order valence-corrected chi connectivity index (χ4v) is 6.06. The minimum absolute atomic E-state index is 0.164. The van der Waals surface area contributed by atoms with Gasteiger partial charge in [-0.3, -0.25) is 0 Å². The number of fused-ring (bicyclic) bond motifs is 2. The van der Waals surface area contributed by atoms with Gasteiger partial charge in [0.25, 0.3) is 0 Å². The van der Waals surface area contributed by atoms with Crippen molar-refractivity contribution in [3.63, 3.8) is 0 Å². The number of carbonyl (C=O) groups is 2. The van der Waals surface area contributed by atoms with Crippen LogP contribution in [-0.2, 0) is 10.2 Å². The molecule has 0 bridgehead atoms. The van der Waals surface area contributed by atoms with Gasteiger partial charge in [-0.05, 0) is 97.0 Å². The molecule has 0 aromatic heterocycles. The molecule has 6 rings (SSSR count). The van der Waals surface area contributed by atoms with Crippen LogP contribution in [0.2, 0.25) is 0 Å². The van der Waals surface area contributed by atoms with Gasteiger partial charge in [0.05, 0.1) is 17.5 Å². The molecule has 2 aromatic carbocycles. The van der Waals surface area contributed by atoms with E-state index in [4.69, 9.17) is 4.74 Å². The maximum absolute atomic E-state index is 13.1. The number of nitrogens with zero attached hydrogens (tertiary/aromatic N) is 2. The van der Waals surface area contributed by atoms with Crippen molar-refractivity contribution in [1.29, 1.82) is 0 Å². The number of esters is 1. The zero-order chi connectivity index (χ0) is 28.4. The Bertz CT molecular complexity index is 1570. The second-order valence-corrected chi connectivity index (χ2v) is 12.7. The minimum Gasteiger partial charge on any atom is -0.478 e. The number of hydrogen-bond donors (Lipinski definition) is 1. The molecule has 2 heterocycles. The first-order valence-electron chi connectivity index (χ1n) is 14.2. The van der Waals surface area contributed by atoms with Crippen molar-refractivity contribution >= 4 is 28.9 Å². The van der Waals surface area contributed by atoms with Crippen LogP contribution in [0.15, 0.2) is 65.8 Å². The molecule has 0 saturated carbocycles. The van der Waals surface area contributed by atoms with E-state index in [1.54, 1.807) is 12.1 Å². The summed E-state index contributed by atoms with van der Waals surface area (Å²) in [6, 6.07) is 11.4. The Labute approximate surface area is 236 Å². The average molecular weight is 538 g/mol. The number of carbonyl (C=O) groups excluding carboxylic acids is 1. The van der Waals surface area contributed by atoms with E-state index in [0.29, 0.717) is 11.1 Å². The van der Waals surface area contributed by atoms with Gasteiger partial charge in [0, 0.05) is 36.3 Å². The molecule has 206 valence electrons. The maximum Gasteiger partial charge on any atom is 0.338 e. The van der Waals surface area contributed by atoms with Crippen LogP contribution in [0.1, 0.15) is 84.9 Å². The van der Waals surface area contributed by atoms with Gasteiger partial charge in [0.2, 0.25) is 0 Å². The highest BCUT2D eigenvalue weighted by Gasteiger charge is 2.40. The summed E-state index contributed by atoms with van der Waals surface area (Å²) in [6.45, 7) is 14.2. The topological polar surface area (TPSA) is 69.9 Å². The van der Waals surface area contributed by atoms with Crippen LogP contribution in [0.3, 0.4) is 0 Å². The van der Waals surface area contributed by atoms with Gasteiger partial charge in [-0.25, -0.2) is 14.2 Å². The Morgan fingerprint density at radius 3 is 2.33 bits per heavy atom. The highest BCUT2D eigenvalue weighted by molar-refractivity contribution is 6.08. The van der Waals surface area contributed by atoms with Crippen molar-refractivity contribution < 1.29 is 24.0 Å². The molecule has 0 atom stereocenters. The van der Waals surface area contributed by atoms with Crippen molar-refractivity contribution in [2.75, 3.05) is 31.1 Å². The lowest BCUT2D eigenvalue weighted by molar-refractivity contribution is -0.582. The second-order valence-electron chi connectivity index (χ2n) is 12.7. The summed E-state index contributed by atoms with van der Waals surface area (Å²) < 4.78 is 8.04. The number of benzene rings is 2. The summed E-state index contributed by atoms with van der Waals surface area (Å²) in [4.78, 5) is 28.0. The van der Waals surface area contributed by atoms with E-state index in [1.807, 2.05) is 20.8 Å². The van der Waals surface area contributed by atoms with Gasteiger partial charge in [0.15, 0.2) is 5.71 Å². The standard InChI is InChI=1S/C34H36N2O4/c1-33(2,3)40-32(39)21-8-11-24(31(37)38)27(18-21)30-25-12-9-22(35-14-6-15-35)19-28(25)34(4,5)29-20-23(10-13-26(29)30)36-16-7-17-36/h8-13,18-20H,6-7,14-17H2,1-5H3/p+1. The lowest BCUT2D eigenvalue weighted by atomic mass is 9.64. The molecule has 4 aliphatic rings. The SMILES string of the molecule is CC(C)(C)OC(=O)c1ccc(C(=O)O)c(C2=C3C=CC(=[N+]4CCC4)C=C3C(C)(C)c3cc(N4CCC4)ccc32)c1. The number of allylic oxidation sites excluding steroid dienone is 5. The van der Waals surface area contributed by atoms with Gasteiger partial charge in [-0.2, -0.15) is 0 Å². The Morgan fingerprint density at radius 2 is 1.73 bits per heavy atom. The molecule has 2 aliphatic heterocycles. The van der Waals surface area contributed by atoms with E-state index >= 15 is 0 Å². The Hall–Kier alpha value is -3.93. The van der Waals surface area contributed by atoms with Gasteiger partial charge in [-0.15, -0.1) is 0 Å². The van der Waals surface area contributed by atoms with Crippen LogP contribution in [0.25, 0.3) is 5.57 Å².